The molecular formula is C18H14ClN5OS. The Labute approximate surface area is 158 Å². The van der Waals surface area contributed by atoms with Gasteiger partial charge in [0.05, 0.1) is 32.7 Å². The van der Waals surface area contributed by atoms with E-state index in [1.54, 1.807) is 40.4 Å². The molecule has 1 N–H and O–H groups in total. The molecule has 0 radical (unpaired) electrons. The molecule has 0 aliphatic carbocycles. The normalized spacial score (nSPS) is 11.0. The first-order valence-electron chi connectivity index (χ1n) is 7.99. The number of anilines is 1. The van der Waals surface area contributed by atoms with Crippen molar-refractivity contribution >= 4 is 45.7 Å². The van der Waals surface area contributed by atoms with E-state index in [1.807, 2.05) is 24.4 Å². The van der Waals surface area contributed by atoms with Crippen LogP contribution in [0.4, 0.5) is 5.82 Å². The smallest absolute Gasteiger partial charge is 0.257 e. The number of thiophene rings is 1. The summed E-state index contributed by atoms with van der Waals surface area (Å²) in [6.45, 7) is 2.66. The summed E-state index contributed by atoms with van der Waals surface area (Å²) in [7, 11) is 0. The monoisotopic (exact) mass is 383 g/mol. The van der Waals surface area contributed by atoms with E-state index >= 15 is 0 Å². The number of aromatic nitrogens is 4. The number of nitrogens with zero attached hydrogens (tertiary/aromatic N) is 4. The summed E-state index contributed by atoms with van der Waals surface area (Å²) in [4.78, 5) is 22.7. The zero-order valence-corrected chi connectivity index (χ0v) is 15.4. The minimum atomic E-state index is -0.263. The molecule has 4 heterocycles. The van der Waals surface area contributed by atoms with Crippen LogP contribution in [-0.2, 0) is 6.54 Å². The van der Waals surface area contributed by atoms with Crippen LogP contribution in [0, 0.1) is 0 Å². The van der Waals surface area contributed by atoms with Gasteiger partial charge in [-0.05, 0) is 36.6 Å². The molecule has 0 unspecified atom stereocenters. The number of carbonyl (C=O) groups excluding carboxylic acids is 1. The SMILES string of the molecule is CCn1ncc2c(C(=O)Nc3ccc(Cl)cn3)cc(-c3cccs3)nc21. The predicted molar refractivity (Wildman–Crippen MR) is 104 cm³/mol. The lowest BCUT2D eigenvalue weighted by Crippen LogP contribution is -2.14. The van der Waals surface area contributed by atoms with E-state index in [0.29, 0.717) is 34.0 Å². The molecule has 0 atom stereocenters. The third kappa shape index (κ3) is 3.07. The quantitative estimate of drug-likeness (QED) is 0.564. The second-order valence-corrected chi connectivity index (χ2v) is 6.93. The van der Waals surface area contributed by atoms with E-state index in [2.05, 4.69) is 15.4 Å². The van der Waals surface area contributed by atoms with E-state index in [-0.39, 0.29) is 5.91 Å². The van der Waals surface area contributed by atoms with Gasteiger partial charge in [0.1, 0.15) is 5.82 Å². The third-order valence-corrected chi connectivity index (χ3v) is 5.01. The molecule has 0 saturated heterocycles. The van der Waals surface area contributed by atoms with Gasteiger partial charge in [-0.2, -0.15) is 5.10 Å². The van der Waals surface area contributed by atoms with E-state index in [0.717, 1.165) is 10.6 Å². The lowest BCUT2D eigenvalue weighted by atomic mass is 10.1. The zero-order valence-electron chi connectivity index (χ0n) is 13.8. The maximum atomic E-state index is 12.9. The van der Waals surface area contributed by atoms with Crippen LogP contribution >= 0.6 is 22.9 Å². The van der Waals surface area contributed by atoms with Crippen LogP contribution in [0.15, 0.2) is 48.1 Å². The highest BCUT2D eigenvalue weighted by atomic mass is 35.5. The van der Waals surface area contributed by atoms with Crippen molar-refractivity contribution in [3.63, 3.8) is 0 Å². The average molecular weight is 384 g/mol. The molecule has 1 amide bonds. The van der Waals surface area contributed by atoms with Gasteiger partial charge in [0.2, 0.25) is 0 Å². The summed E-state index contributed by atoms with van der Waals surface area (Å²) >= 11 is 7.42. The lowest BCUT2D eigenvalue weighted by molar-refractivity contribution is 0.102. The largest absolute Gasteiger partial charge is 0.307 e. The second kappa shape index (κ2) is 6.86. The molecule has 0 spiro atoms. The van der Waals surface area contributed by atoms with Crippen molar-refractivity contribution in [3.8, 4) is 10.6 Å². The highest BCUT2D eigenvalue weighted by molar-refractivity contribution is 7.13. The Morgan fingerprint density at radius 2 is 2.19 bits per heavy atom. The van der Waals surface area contributed by atoms with Crippen molar-refractivity contribution in [3.05, 3.63) is 58.7 Å². The summed E-state index contributed by atoms with van der Waals surface area (Å²) in [5.74, 6) is 0.172. The molecule has 0 aliphatic rings. The minimum absolute atomic E-state index is 0.263. The van der Waals surface area contributed by atoms with E-state index in [1.165, 1.54) is 6.20 Å². The van der Waals surface area contributed by atoms with Crippen molar-refractivity contribution in [1.29, 1.82) is 0 Å². The second-order valence-electron chi connectivity index (χ2n) is 5.55. The molecule has 4 aromatic heterocycles. The summed E-state index contributed by atoms with van der Waals surface area (Å²) in [6, 6.07) is 9.07. The highest BCUT2D eigenvalue weighted by Crippen LogP contribution is 2.28. The molecule has 26 heavy (non-hydrogen) atoms. The fraction of sp³-hybridized carbons (Fsp3) is 0.111. The molecule has 0 bridgehead atoms. The Hall–Kier alpha value is -2.77. The van der Waals surface area contributed by atoms with Crippen LogP contribution in [-0.4, -0.2) is 25.7 Å². The van der Waals surface area contributed by atoms with Crippen LogP contribution in [0.5, 0.6) is 0 Å². The minimum Gasteiger partial charge on any atom is -0.307 e. The molecule has 4 rings (SSSR count). The molecule has 0 aromatic carbocycles. The first-order chi connectivity index (χ1) is 12.7. The molecule has 0 aliphatic heterocycles. The predicted octanol–water partition coefficient (Wildman–Crippen LogP) is 4.48. The summed E-state index contributed by atoms with van der Waals surface area (Å²) < 4.78 is 1.78. The number of fused-ring (bicyclic) bond motifs is 1. The van der Waals surface area contributed by atoms with E-state index in [9.17, 15) is 4.79 Å². The molecule has 6 nitrogen and oxygen atoms in total. The summed E-state index contributed by atoms with van der Waals surface area (Å²) in [5.41, 5.74) is 1.94. The maximum Gasteiger partial charge on any atom is 0.257 e. The van der Waals surface area contributed by atoms with E-state index in [4.69, 9.17) is 16.6 Å². The number of pyridine rings is 2. The van der Waals surface area contributed by atoms with Crippen molar-refractivity contribution in [2.45, 2.75) is 13.5 Å². The number of halogens is 1. The van der Waals surface area contributed by atoms with Gasteiger partial charge in [-0.1, -0.05) is 17.7 Å². The first-order valence-corrected chi connectivity index (χ1v) is 9.25. The third-order valence-electron chi connectivity index (χ3n) is 3.90. The number of hydrogen-bond acceptors (Lipinski definition) is 5. The fourth-order valence-electron chi connectivity index (χ4n) is 2.65. The van der Waals surface area contributed by atoms with Gasteiger partial charge in [-0.15, -0.1) is 11.3 Å². The number of hydrogen-bond donors (Lipinski definition) is 1. The van der Waals surface area contributed by atoms with Crippen molar-refractivity contribution in [2.24, 2.45) is 0 Å². The number of aryl methyl sites for hydroxylation is 1. The molecule has 130 valence electrons. The van der Waals surface area contributed by atoms with Gasteiger partial charge in [0.15, 0.2) is 5.65 Å². The maximum absolute atomic E-state index is 12.9. The van der Waals surface area contributed by atoms with Crippen LogP contribution in [0.1, 0.15) is 17.3 Å². The Balaban J connectivity index is 1.80. The van der Waals surface area contributed by atoms with Gasteiger partial charge >= 0.3 is 0 Å². The van der Waals surface area contributed by atoms with Gasteiger partial charge in [-0.3, -0.25) is 4.79 Å². The summed E-state index contributed by atoms with van der Waals surface area (Å²) in [5, 5.41) is 10.4. The Morgan fingerprint density at radius 1 is 1.31 bits per heavy atom. The molecule has 0 saturated carbocycles. The van der Waals surface area contributed by atoms with Crippen molar-refractivity contribution in [2.75, 3.05) is 5.32 Å². The molecular weight excluding hydrogens is 370 g/mol. The Kier molecular flexibility index (Phi) is 4.40. The lowest BCUT2D eigenvalue weighted by Gasteiger charge is -2.08. The van der Waals surface area contributed by atoms with Crippen molar-refractivity contribution < 1.29 is 4.79 Å². The fourth-order valence-corrected chi connectivity index (χ4v) is 3.45. The van der Waals surface area contributed by atoms with Gasteiger partial charge in [-0.25, -0.2) is 14.6 Å². The Morgan fingerprint density at radius 3 is 2.88 bits per heavy atom. The van der Waals surface area contributed by atoms with Gasteiger partial charge < -0.3 is 5.32 Å². The van der Waals surface area contributed by atoms with Crippen LogP contribution in [0.2, 0.25) is 5.02 Å². The number of amides is 1. The number of rotatable bonds is 4. The van der Waals surface area contributed by atoms with Crippen LogP contribution in [0.25, 0.3) is 21.6 Å². The standard InChI is InChI=1S/C18H14ClN5OS/c1-2-24-17-13(10-21-24)12(8-14(22-17)15-4-3-7-26-15)18(25)23-16-6-5-11(19)9-20-16/h3-10H,2H2,1H3,(H,20,23,25). The van der Waals surface area contributed by atoms with Crippen LogP contribution < -0.4 is 5.32 Å². The first kappa shape index (κ1) is 16.7. The van der Waals surface area contributed by atoms with Crippen LogP contribution in [0.3, 0.4) is 0 Å². The van der Waals surface area contributed by atoms with Crippen molar-refractivity contribution in [1.82, 2.24) is 19.7 Å². The Bertz CT molecular complexity index is 1070. The highest BCUT2D eigenvalue weighted by Gasteiger charge is 2.18. The van der Waals surface area contributed by atoms with Gasteiger partial charge in [0, 0.05) is 12.7 Å². The molecule has 4 aromatic rings. The molecule has 0 fully saturated rings. The van der Waals surface area contributed by atoms with E-state index < -0.39 is 0 Å². The van der Waals surface area contributed by atoms with Gasteiger partial charge in [0.25, 0.3) is 5.91 Å². The number of nitrogens with one attached hydrogen (secondary N) is 1. The average Bonchev–Trinajstić information content (AvgIpc) is 3.32. The zero-order chi connectivity index (χ0) is 18.1. The summed E-state index contributed by atoms with van der Waals surface area (Å²) in [6.07, 6.45) is 3.17. The molecule has 8 heteroatoms. The number of carbonyl (C=O) groups is 1. The topological polar surface area (TPSA) is 72.7 Å².